The van der Waals surface area contributed by atoms with Crippen LogP contribution in [0.4, 0.5) is 5.69 Å². The van der Waals surface area contributed by atoms with Crippen LogP contribution in [0.1, 0.15) is 0 Å². The molecule has 0 radical (unpaired) electrons. The standard InChI is InChI=1S/C15H16ClNO5S/c1-20-11-6-4-10(5-7-11)17-23(18,19)15-9-13(21-2)12(16)8-14(15)22-3/h4-9,17H,1-3H3. The molecule has 0 aromatic heterocycles. The summed E-state index contributed by atoms with van der Waals surface area (Å²) in [6, 6.07) is 9.19. The van der Waals surface area contributed by atoms with E-state index in [1.807, 2.05) is 0 Å². The van der Waals surface area contributed by atoms with E-state index in [1.165, 1.54) is 33.5 Å². The van der Waals surface area contributed by atoms with Gasteiger partial charge in [-0.2, -0.15) is 0 Å². The minimum Gasteiger partial charge on any atom is -0.497 e. The first-order chi connectivity index (χ1) is 10.9. The number of rotatable bonds is 6. The van der Waals surface area contributed by atoms with Gasteiger partial charge in [0.15, 0.2) is 0 Å². The molecule has 0 heterocycles. The van der Waals surface area contributed by atoms with Crippen molar-refractivity contribution < 1.29 is 22.6 Å². The molecule has 1 N–H and O–H groups in total. The molecule has 8 heteroatoms. The minimum absolute atomic E-state index is 0.0722. The van der Waals surface area contributed by atoms with Crippen molar-refractivity contribution in [1.82, 2.24) is 0 Å². The van der Waals surface area contributed by atoms with Crippen LogP contribution in [0.2, 0.25) is 5.02 Å². The Bertz CT molecular complexity index is 790. The van der Waals surface area contributed by atoms with Gasteiger partial charge in [-0.05, 0) is 24.3 Å². The normalized spacial score (nSPS) is 11.0. The molecular weight excluding hydrogens is 342 g/mol. The Labute approximate surface area is 140 Å². The molecule has 2 aromatic carbocycles. The van der Waals surface area contributed by atoms with Crippen molar-refractivity contribution in [2.75, 3.05) is 26.1 Å². The first kappa shape index (κ1) is 17.2. The summed E-state index contributed by atoms with van der Waals surface area (Å²) in [4.78, 5) is -0.0722. The summed E-state index contributed by atoms with van der Waals surface area (Å²) in [5.41, 5.74) is 0.391. The van der Waals surface area contributed by atoms with Gasteiger partial charge in [-0.15, -0.1) is 0 Å². The van der Waals surface area contributed by atoms with Gasteiger partial charge in [-0.3, -0.25) is 4.72 Å². The van der Waals surface area contributed by atoms with E-state index < -0.39 is 10.0 Å². The highest BCUT2D eigenvalue weighted by molar-refractivity contribution is 7.92. The van der Waals surface area contributed by atoms with E-state index in [1.54, 1.807) is 24.3 Å². The molecular formula is C15H16ClNO5S. The number of nitrogens with one attached hydrogen (secondary N) is 1. The Morgan fingerprint density at radius 3 is 2.04 bits per heavy atom. The van der Waals surface area contributed by atoms with Gasteiger partial charge in [0.25, 0.3) is 10.0 Å². The molecule has 124 valence electrons. The SMILES string of the molecule is COc1ccc(NS(=O)(=O)c2cc(OC)c(Cl)cc2OC)cc1. The molecule has 0 aliphatic rings. The summed E-state index contributed by atoms with van der Waals surface area (Å²) in [5, 5.41) is 0.257. The number of sulfonamides is 1. The van der Waals surface area contributed by atoms with Crippen molar-refractivity contribution in [3.05, 3.63) is 41.4 Å². The van der Waals surface area contributed by atoms with Crippen molar-refractivity contribution in [3.8, 4) is 17.2 Å². The number of benzene rings is 2. The third kappa shape index (κ3) is 3.80. The largest absolute Gasteiger partial charge is 0.497 e. The van der Waals surface area contributed by atoms with Gasteiger partial charge in [-0.1, -0.05) is 11.6 Å². The minimum atomic E-state index is -3.88. The van der Waals surface area contributed by atoms with E-state index in [9.17, 15) is 8.42 Å². The van der Waals surface area contributed by atoms with Crippen LogP contribution in [0.15, 0.2) is 41.3 Å². The quantitative estimate of drug-likeness (QED) is 0.859. The van der Waals surface area contributed by atoms with E-state index in [-0.39, 0.29) is 21.4 Å². The average Bonchev–Trinajstić information content (AvgIpc) is 2.54. The highest BCUT2D eigenvalue weighted by Gasteiger charge is 2.22. The van der Waals surface area contributed by atoms with Gasteiger partial charge in [0, 0.05) is 17.8 Å². The van der Waals surface area contributed by atoms with Crippen molar-refractivity contribution in [2.45, 2.75) is 4.90 Å². The maximum atomic E-state index is 12.6. The predicted octanol–water partition coefficient (Wildman–Crippen LogP) is 3.17. The lowest BCUT2D eigenvalue weighted by Gasteiger charge is -2.14. The third-order valence-electron chi connectivity index (χ3n) is 3.07. The maximum absolute atomic E-state index is 12.6. The van der Waals surface area contributed by atoms with E-state index in [2.05, 4.69) is 4.72 Å². The fraction of sp³-hybridized carbons (Fsp3) is 0.200. The molecule has 0 saturated carbocycles. The zero-order valence-electron chi connectivity index (χ0n) is 12.8. The smallest absolute Gasteiger partial charge is 0.265 e. The molecule has 6 nitrogen and oxygen atoms in total. The zero-order valence-corrected chi connectivity index (χ0v) is 14.4. The number of ether oxygens (including phenoxy) is 3. The van der Waals surface area contributed by atoms with Crippen molar-refractivity contribution in [2.24, 2.45) is 0 Å². The summed E-state index contributed by atoms with van der Waals surface area (Å²) >= 11 is 5.99. The molecule has 0 atom stereocenters. The van der Waals surface area contributed by atoms with E-state index in [0.29, 0.717) is 11.4 Å². The number of halogens is 1. The Balaban J connectivity index is 2.41. The van der Waals surface area contributed by atoms with Gasteiger partial charge in [0.2, 0.25) is 0 Å². The Morgan fingerprint density at radius 2 is 1.52 bits per heavy atom. The highest BCUT2D eigenvalue weighted by Crippen LogP contribution is 2.35. The summed E-state index contributed by atoms with van der Waals surface area (Å²) in [6.45, 7) is 0. The van der Waals surface area contributed by atoms with Crippen LogP contribution in [-0.4, -0.2) is 29.7 Å². The monoisotopic (exact) mass is 357 g/mol. The summed E-state index contributed by atoms with van der Waals surface area (Å²) in [7, 11) is 0.422. The van der Waals surface area contributed by atoms with Crippen molar-refractivity contribution in [1.29, 1.82) is 0 Å². The second-order valence-corrected chi connectivity index (χ2v) is 6.53. The average molecular weight is 358 g/mol. The van der Waals surface area contributed by atoms with Gasteiger partial charge in [-0.25, -0.2) is 8.42 Å². The second-order valence-electron chi connectivity index (χ2n) is 4.47. The molecule has 0 saturated heterocycles. The van der Waals surface area contributed by atoms with Crippen LogP contribution < -0.4 is 18.9 Å². The van der Waals surface area contributed by atoms with Gasteiger partial charge in [0.05, 0.1) is 26.4 Å². The predicted molar refractivity (Wildman–Crippen MR) is 88.4 cm³/mol. The first-order valence-electron chi connectivity index (χ1n) is 6.49. The van der Waals surface area contributed by atoms with Crippen LogP contribution >= 0.6 is 11.6 Å². The Kier molecular flexibility index (Phi) is 5.23. The van der Waals surface area contributed by atoms with Crippen molar-refractivity contribution in [3.63, 3.8) is 0 Å². The number of anilines is 1. The van der Waals surface area contributed by atoms with Gasteiger partial charge < -0.3 is 14.2 Å². The third-order valence-corrected chi connectivity index (χ3v) is 4.77. The molecule has 23 heavy (non-hydrogen) atoms. The van der Waals surface area contributed by atoms with Crippen LogP contribution in [0.25, 0.3) is 0 Å². The van der Waals surface area contributed by atoms with Crippen molar-refractivity contribution >= 4 is 27.3 Å². The molecule has 0 aliphatic carbocycles. The Hall–Kier alpha value is -2.12. The van der Waals surface area contributed by atoms with Gasteiger partial charge in [0.1, 0.15) is 22.1 Å². The van der Waals surface area contributed by atoms with Crippen LogP contribution in [0, 0.1) is 0 Å². The zero-order chi connectivity index (χ0) is 17.0. The van der Waals surface area contributed by atoms with Crippen LogP contribution in [0.5, 0.6) is 17.2 Å². The lowest BCUT2D eigenvalue weighted by atomic mass is 10.3. The molecule has 0 spiro atoms. The molecule has 0 aliphatic heterocycles. The number of hydrogen-bond acceptors (Lipinski definition) is 5. The van der Waals surface area contributed by atoms with E-state index >= 15 is 0 Å². The fourth-order valence-electron chi connectivity index (χ4n) is 1.91. The Morgan fingerprint density at radius 1 is 0.913 bits per heavy atom. The maximum Gasteiger partial charge on any atom is 0.265 e. The molecule has 0 unspecified atom stereocenters. The summed E-state index contributed by atoms with van der Waals surface area (Å²) < 4.78 is 42.9. The van der Waals surface area contributed by atoms with Gasteiger partial charge >= 0.3 is 0 Å². The highest BCUT2D eigenvalue weighted by atomic mass is 35.5. The molecule has 0 amide bonds. The van der Waals surface area contributed by atoms with Crippen LogP contribution in [-0.2, 0) is 10.0 Å². The fourth-order valence-corrected chi connectivity index (χ4v) is 3.37. The molecule has 0 bridgehead atoms. The molecule has 0 fully saturated rings. The topological polar surface area (TPSA) is 73.9 Å². The molecule has 2 rings (SSSR count). The lowest BCUT2D eigenvalue weighted by Crippen LogP contribution is -2.14. The lowest BCUT2D eigenvalue weighted by molar-refractivity contribution is 0.392. The number of methoxy groups -OCH3 is 3. The van der Waals surface area contributed by atoms with E-state index in [4.69, 9.17) is 25.8 Å². The second kappa shape index (κ2) is 6.97. The number of hydrogen-bond donors (Lipinski definition) is 1. The first-order valence-corrected chi connectivity index (χ1v) is 8.35. The van der Waals surface area contributed by atoms with Crippen LogP contribution in [0.3, 0.4) is 0 Å². The summed E-state index contributed by atoms with van der Waals surface area (Å²) in [6.07, 6.45) is 0. The summed E-state index contributed by atoms with van der Waals surface area (Å²) in [5.74, 6) is 0.984. The molecule has 2 aromatic rings. The van der Waals surface area contributed by atoms with E-state index in [0.717, 1.165) is 0 Å².